The smallest absolute Gasteiger partial charge is 0.264 e. The molecule has 1 N–H and O–H groups in total. The highest BCUT2D eigenvalue weighted by Gasteiger charge is 2.34. The van der Waals surface area contributed by atoms with Crippen LogP contribution in [0.2, 0.25) is 0 Å². The highest BCUT2D eigenvalue weighted by atomic mass is 79.9. The molecular weight excluding hydrogens is 626 g/mol. The number of amides is 2. The zero-order valence-electron chi connectivity index (χ0n) is 24.7. The molecule has 0 aromatic heterocycles. The topological polar surface area (TPSA) is 86.8 Å². The third-order valence-corrected chi connectivity index (χ3v) is 9.55. The molecule has 0 saturated carbocycles. The number of carbonyl (C=O) groups is 2. The summed E-state index contributed by atoms with van der Waals surface area (Å²) in [6, 6.07) is 28.2. The Labute approximate surface area is 262 Å². The number of carbonyl (C=O) groups excluding carboxylic acids is 2. The van der Waals surface area contributed by atoms with Crippen LogP contribution in [0.15, 0.2) is 106 Å². The molecule has 0 heterocycles. The number of anilines is 1. The van der Waals surface area contributed by atoms with Crippen LogP contribution >= 0.6 is 15.9 Å². The van der Waals surface area contributed by atoms with Gasteiger partial charge in [-0.15, -0.1) is 0 Å². The minimum Gasteiger partial charge on any atom is -0.357 e. The second-order valence-corrected chi connectivity index (χ2v) is 13.4. The van der Waals surface area contributed by atoms with E-state index in [0.717, 1.165) is 26.7 Å². The fourth-order valence-electron chi connectivity index (χ4n) is 4.89. The third kappa shape index (κ3) is 7.91. The second-order valence-electron chi connectivity index (χ2n) is 10.6. The Hall–Kier alpha value is -3.95. The van der Waals surface area contributed by atoms with Crippen LogP contribution < -0.4 is 9.62 Å². The average Bonchev–Trinajstić information content (AvgIpc) is 2.99. The van der Waals surface area contributed by atoms with Gasteiger partial charge in [-0.3, -0.25) is 13.9 Å². The largest absolute Gasteiger partial charge is 0.357 e. The molecule has 4 aromatic carbocycles. The molecule has 0 saturated heterocycles. The van der Waals surface area contributed by atoms with Gasteiger partial charge in [0.05, 0.1) is 10.6 Å². The Kier molecular flexibility index (Phi) is 10.4. The lowest BCUT2D eigenvalue weighted by molar-refractivity contribution is -0.139. The Balaban J connectivity index is 1.82. The Bertz CT molecular complexity index is 1690. The van der Waals surface area contributed by atoms with E-state index in [4.69, 9.17) is 0 Å². The van der Waals surface area contributed by atoms with E-state index >= 15 is 0 Å². The number of nitrogens with one attached hydrogen (secondary N) is 1. The second kappa shape index (κ2) is 14.0. The normalized spacial score (nSPS) is 11.9. The average molecular weight is 663 g/mol. The van der Waals surface area contributed by atoms with Gasteiger partial charge in [0.25, 0.3) is 10.0 Å². The number of hydrogen-bond donors (Lipinski definition) is 1. The number of rotatable bonds is 11. The van der Waals surface area contributed by atoms with E-state index in [2.05, 4.69) is 21.2 Å². The molecule has 0 bridgehead atoms. The molecule has 7 nitrogen and oxygen atoms in total. The van der Waals surface area contributed by atoms with Gasteiger partial charge in [0, 0.05) is 24.5 Å². The van der Waals surface area contributed by atoms with Crippen LogP contribution in [0.25, 0.3) is 0 Å². The van der Waals surface area contributed by atoms with E-state index in [1.54, 1.807) is 30.3 Å². The standard InChI is InChI=1S/C34H36BrN3O4S/c1-24-14-17-30(18-15-24)43(41,42)38(31-19-25(2)13-16-26(31)3)23-33(39)37(22-28-11-8-12-29(35)20-28)32(34(40)36-4)21-27-9-6-5-7-10-27/h5-20,32H,21-23H2,1-4H3,(H,36,40)/t32-/m1/s1. The number of benzene rings is 4. The van der Waals surface area contributed by atoms with E-state index in [1.807, 2.05) is 87.5 Å². The fourth-order valence-corrected chi connectivity index (χ4v) is 6.81. The van der Waals surface area contributed by atoms with Crippen molar-refractivity contribution in [2.75, 3.05) is 17.9 Å². The molecule has 43 heavy (non-hydrogen) atoms. The predicted octanol–water partition coefficient (Wildman–Crippen LogP) is 5.96. The Morgan fingerprint density at radius 3 is 2.12 bits per heavy atom. The molecule has 0 spiro atoms. The van der Waals surface area contributed by atoms with Gasteiger partial charge in [0.2, 0.25) is 11.8 Å². The van der Waals surface area contributed by atoms with Crippen LogP contribution in [0.3, 0.4) is 0 Å². The number of nitrogens with zero attached hydrogens (tertiary/aromatic N) is 2. The lowest BCUT2D eigenvalue weighted by atomic mass is 10.0. The summed E-state index contributed by atoms with van der Waals surface area (Å²) in [7, 11) is -2.62. The molecule has 0 aliphatic rings. The van der Waals surface area contributed by atoms with Gasteiger partial charge in [-0.25, -0.2) is 8.42 Å². The van der Waals surface area contributed by atoms with Gasteiger partial charge >= 0.3 is 0 Å². The first-order valence-electron chi connectivity index (χ1n) is 14.0. The summed E-state index contributed by atoms with van der Waals surface area (Å²) in [5, 5.41) is 2.71. The van der Waals surface area contributed by atoms with Crippen molar-refractivity contribution in [3.63, 3.8) is 0 Å². The number of sulfonamides is 1. The lowest BCUT2D eigenvalue weighted by Gasteiger charge is -2.34. The van der Waals surface area contributed by atoms with Crippen LogP contribution in [0.5, 0.6) is 0 Å². The maximum absolute atomic E-state index is 14.4. The lowest BCUT2D eigenvalue weighted by Crippen LogP contribution is -2.53. The van der Waals surface area contributed by atoms with Crippen LogP contribution in [0.1, 0.15) is 27.8 Å². The van der Waals surface area contributed by atoms with Crippen molar-refractivity contribution < 1.29 is 18.0 Å². The summed E-state index contributed by atoms with van der Waals surface area (Å²) < 4.78 is 30.4. The van der Waals surface area contributed by atoms with Crippen molar-refractivity contribution in [1.82, 2.24) is 10.2 Å². The summed E-state index contributed by atoms with van der Waals surface area (Å²) in [5.74, 6) is -0.840. The molecule has 0 aliphatic carbocycles. The van der Waals surface area contributed by atoms with Crippen molar-refractivity contribution in [1.29, 1.82) is 0 Å². The summed E-state index contributed by atoms with van der Waals surface area (Å²) in [5.41, 5.74) is 4.57. The van der Waals surface area contributed by atoms with E-state index in [-0.39, 0.29) is 23.8 Å². The zero-order valence-corrected chi connectivity index (χ0v) is 27.2. The monoisotopic (exact) mass is 661 g/mol. The van der Waals surface area contributed by atoms with Crippen LogP contribution in [-0.4, -0.2) is 44.8 Å². The van der Waals surface area contributed by atoms with Gasteiger partial charge in [-0.05, 0) is 73.4 Å². The first-order valence-corrected chi connectivity index (χ1v) is 16.2. The highest BCUT2D eigenvalue weighted by molar-refractivity contribution is 9.10. The van der Waals surface area contributed by atoms with Gasteiger partial charge in [0.1, 0.15) is 12.6 Å². The van der Waals surface area contributed by atoms with Crippen molar-refractivity contribution in [3.8, 4) is 0 Å². The number of halogens is 1. The Morgan fingerprint density at radius 2 is 1.47 bits per heavy atom. The van der Waals surface area contributed by atoms with Crippen molar-refractivity contribution in [3.05, 3.63) is 129 Å². The molecule has 4 rings (SSSR count). The van der Waals surface area contributed by atoms with Gasteiger partial charge < -0.3 is 10.2 Å². The summed E-state index contributed by atoms with van der Waals surface area (Å²) in [4.78, 5) is 29.4. The van der Waals surface area contributed by atoms with Crippen molar-refractivity contribution in [2.24, 2.45) is 0 Å². The zero-order chi connectivity index (χ0) is 31.1. The fraction of sp³-hybridized carbons (Fsp3) is 0.235. The third-order valence-electron chi connectivity index (χ3n) is 7.28. The molecule has 0 aliphatic heterocycles. The highest BCUT2D eigenvalue weighted by Crippen LogP contribution is 2.29. The first-order chi connectivity index (χ1) is 20.5. The molecular formula is C34H36BrN3O4S. The number of likely N-dealkylation sites (N-methyl/N-ethyl adjacent to an activating group) is 1. The maximum atomic E-state index is 14.4. The predicted molar refractivity (Wildman–Crippen MR) is 174 cm³/mol. The molecule has 224 valence electrons. The van der Waals surface area contributed by atoms with E-state index < -0.39 is 28.5 Å². The van der Waals surface area contributed by atoms with Crippen molar-refractivity contribution in [2.45, 2.75) is 44.7 Å². The van der Waals surface area contributed by atoms with E-state index in [0.29, 0.717) is 11.3 Å². The number of aryl methyl sites for hydroxylation is 3. The van der Waals surface area contributed by atoms with Crippen LogP contribution in [0.4, 0.5) is 5.69 Å². The molecule has 9 heteroatoms. The Morgan fingerprint density at radius 1 is 0.814 bits per heavy atom. The molecule has 2 amide bonds. The molecule has 0 fully saturated rings. The van der Waals surface area contributed by atoms with Crippen molar-refractivity contribution >= 4 is 43.5 Å². The molecule has 0 unspecified atom stereocenters. The van der Waals surface area contributed by atoms with Crippen LogP contribution in [-0.2, 0) is 32.6 Å². The quantitative estimate of drug-likeness (QED) is 0.215. The van der Waals surface area contributed by atoms with Crippen LogP contribution in [0, 0.1) is 20.8 Å². The maximum Gasteiger partial charge on any atom is 0.264 e. The summed E-state index contributed by atoms with van der Waals surface area (Å²) in [6.07, 6.45) is 0.258. The molecule has 4 aromatic rings. The van der Waals surface area contributed by atoms with E-state index in [1.165, 1.54) is 16.3 Å². The van der Waals surface area contributed by atoms with Gasteiger partial charge in [-0.2, -0.15) is 0 Å². The number of hydrogen-bond acceptors (Lipinski definition) is 4. The first kappa shape index (κ1) is 32.0. The summed E-state index contributed by atoms with van der Waals surface area (Å²) in [6.45, 7) is 5.19. The SMILES string of the molecule is CNC(=O)[C@@H](Cc1ccccc1)N(Cc1cccc(Br)c1)C(=O)CN(c1cc(C)ccc1C)S(=O)(=O)c1ccc(C)cc1. The van der Waals surface area contributed by atoms with Gasteiger partial charge in [0.15, 0.2) is 0 Å². The minimum absolute atomic E-state index is 0.0810. The van der Waals surface area contributed by atoms with Gasteiger partial charge in [-0.1, -0.05) is 88.2 Å². The summed E-state index contributed by atoms with van der Waals surface area (Å²) >= 11 is 3.49. The minimum atomic E-state index is -4.15. The molecule has 1 atom stereocenters. The van der Waals surface area contributed by atoms with E-state index in [9.17, 15) is 18.0 Å². The molecule has 0 radical (unpaired) electrons.